The smallest absolute Gasteiger partial charge is 0.290 e. The molecule has 3 N–H and O–H groups in total. The highest BCUT2D eigenvalue weighted by Crippen LogP contribution is 2.47. The van der Waals surface area contributed by atoms with Crippen LogP contribution in [0.25, 0.3) is 0 Å². The van der Waals surface area contributed by atoms with E-state index in [9.17, 15) is 29.0 Å². The van der Waals surface area contributed by atoms with E-state index in [-0.39, 0.29) is 38.1 Å². The summed E-state index contributed by atoms with van der Waals surface area (Å²) < 4.78 is 19.7. The number of benzene rings is 2. The zero-order valence-electron chi connectivity index (χ0n) is 19.9. The van der Waals surface area contributed by atoms with E-state index in [4.69, 9.17) is 4.74 Å². The van der Waals surface area contributed by atoms with Crippen LogP contribution >= 0.6 is 0 Å². The molecule has 4 atom stereocenters. The van der Waals surface area contributed by atoms with E-state index in [2.05, 4.69) is 5.32 Å². The number of amides is 2. The third-order valence-corrected chi connectivity index (χ3v) is 6.59. The summed E-state index contributed by atoms with van der Waals surface area (Å²) in [6.45, 7) is 1.36. The number of hydrogen-bond acceptors (Lipinski definition) is 6. The van der Waals surface area contributed by atoms with Gasteiger partial charge in [-0.25, -0.2) is 4.39 Å². The van der Waals surface area contributed by atoms with Crippen molar-refractivity contribution in [3.63, 3.8) is 0 Å². The van der Waals surface area contributed by atoms with Crippen LogP contribution in [0.3, 0.4) is 0 Å². The molecule has 0 spiro atoms. The molecule has 0 fully saturated rings. The molecule has 8 nitrogen and oxygen atoms in total. The number of Topliss-reactive ketones (excluding diaryl/α,β-unsaturated/α-hetero) is 1. The fourth-order valence-corrected chi connectivity index (χ4v) is 4.83. The minimum Gasteiger partial charge on any atom is -0.486 e. The fraction of sp³-hybridized carbons (Fsp3) is 0.370. The number of nitrogens with zero attached hydrogens (tertiary/aromatic N) is 1. The van der Waals surface area contributed by atoms with E-state index < -0.39 is 47.6 Å². The van der Waals surface area contributed by atoms with Gasteiger partial charge in [0.2, 0.25) is 11.7 Å². The molecule has 0 saturated carbocycles. The standard InChI is InChI=1S/C27H29FN2O6/c1-2-21(32)27(35)30(12-10-16-6-5-7-17(28)14-16)20-15-19(26(34)29-11-13-31)23-18-8-3-4-9-22(18)36-25(23)24(20)33/h3-9,14-15,20,23-25,31,33H,2,10-13H2,1H3,(H,29,34)/t20-,23+,24+,25+/m1/s1. The average Bonchev–Trinajstić information content (AvgIpc) is 3.28. The summed E-state index contributed by atoms with van der Waals surface area (Å²) in [5.74, 6) is -2.38. The van der Waals surface area contributed by atoms with Crippen molar-refractivity contribution in [2.24, 2.45) is 0 Å². The van der Waals surface area contributed by atoms with Gasteiger partial charge in [0.25, 0.3) is 5.91 Å². The minimum absolute atomic E-state index is 0.0160. The minimum atomic E-state index is -1.24. The van der Waals surface area contributed by atoms with Crippen molar-refractivity contribution in [3.8, 4) is 5.75 Å². The normalized spacial score (nSPS) is 22.1. The van der Waals surface area contributed by atoms with Gasteiger partial charge in [-0.2, -0.15) is 0 Å². The first kappa shape index (κ1) is 25.5. The molecule has 1 aliphatic carbocycles. The van der Waals surface area contributed by atoms with Gasteiger partial charge in [-0.3, -0.25) is 14.4 Å². The van der Waals surface area contributed by atoms with Crippen molar-refractivity contribution in [2.75, 3.05) is 19.7 Å². The van der Waals surface area contributed by atoms with Crippen molar-refractivity contribution >= 4 is 17.6 Å². The van der Waals surface area contributed by atoms with E-state index in [1.54, 1.807) is 37.3 Å². The molecule has 2 aliphatic rings. The highest BCUT2D eigenvalue weighted by Gasteiger charge is 2.50. The van der Waals surface area contributed by atoms with Crippen LogP contribution in [-0.2, 0) is 20.8 Å². The van der Waals surface area contributed by atoms with Gasteiger partial charge >= 0.3 is 0 Å². The van der Waals surface area contributed by atoms with Crippen LogP contribution in [0.2, 0.25) is 0 Å². The van der Waals surface area contributed by atoms with Crippen molar-refractivity contribution < 1.29 is 33.7 Å². The van der Waals surface area contributed by atoms with Crippen LogP contribution in [0, 0.1) is 5.82 Å². The number of halogens is 1. The lowest BCUT2D eigenvalue weighted by Crippen LogP contribution is -2.57. The number of carbonyl (C=O) groups excluding carboxylic acids is 3. The van der Waals surface area contributed by atoms with Gasteiger partial charge in [-0.05, 0) is 36.3 Å². The Morgan fingerprint density at radius 2 is 1.92 bits per heavy atom. The molecule has 36 heavy (non-hydrogen) atoms. The number of aliphatic hydroxyl groups is 2. The average molecular weight is 497 g/mol. The lowest BCUT2D eigenvalue weighted by molar-refractivity contribution is -0.148. The third-order valence-electron chi connectivity index (χ3n) is 6.59. The predicted octanol–water partition coefficient (Wildman–Crippen LogP) is 1.50. The first-order valence-electron chi connectivity index (χ1n) is 12.0. The molecular formula is C27H29FN2O6. The largest absolute Gasteiger partial charge is 0.486 e. The van der Waals surface area contributed by atoms with E-state index in [0.717, 1.165) is 5.56 Å². The third kappa shape index (κ3) is 5.03. The highest BCUT2D eigenvalue weighted by molar-refractivity contribution is 6.36. The Hall–Kier alpha value is -3.56. The van der Waals surface area contributed by atoms with Crippen LogP contribution in [0.1, 0.15) is 30.4 Å². The molecular weight excluding hydrogens is 467 g/mol. The second-order valence-corrected chi connectivity index (χ2v) is 8.84. The maximum absolute atomic E-state index is 13.7. The zero-order valence-corrected chi connectivity index (χ0v) is 19.9. The monoisotopic (exact) mass is 496 g/mol. The molecule has 9 heteroatoms. The van der Waals surface area contributed by atoms with Gasteiger partial charge in [0.1, 0.15) is 23.8 Å². The number of ether oxygens (including phenoxy) is 1. The summed E-state index contributed by atoms with van der Waals surface area (Å²) in [6.07, 6.45) is -0.388. The number of ketones is 1. The van der Waals surface area contributed by atoms with E-state index >= 15 is 0 Å². The number of rotatable bonds is 9. The maximum Gasteiger partial charge on any atom is 0.290 e. The predicted molar refractivity (Wildman–Crippen MR) is 129 cm³/mol. The zero-order chi connectivity index (χ0) is 25.8. The molecule has 2 aromatic carbocycles. The number of carbonyl (C=O) groups is 3. The summed E-state index contributed by atoms with van der Waals surface area (Å²) in [7, 11) is 0. The summed E-state index contributed by atoms with van der Waals surface area (Å²) in [5.41, 5.74) is 1.63. The Kier molecular flexibility index (Phi) is 7.81. The van der Waals surface area contributed by atoms with Crippen LogP contribution in [-0.4, -0.2) is 70.7 Å². The molecule has 190 valence electrons. The first-order valence-corrected chi connectivity index (χ1v) is 12.0. The van der Waals surface area contributed by atoms with Crippen molar-refractivity contribution in [1.82, 2.24) is 10.2 Å². The number of nitrogens with one attached hydrogen (secondary N) is 1. The van der Waals surface area contributed by atoms with Crippen LogP contribution in [0.5, 0.6) is 5.75 Å². The van der Waals surface area contributed by atoms with E-state index in [1.807, 2.05) is 6.07 Å². The number of hydrogen-bond donors (Lipinski definition) is 3. The molecule has 2 amide bonds. The molecule has 1 heterocycles. The number of aliphatic hydroxyl groups excluding tert-OH is 2. The first-order chi connectivity index (χ1) is 17.3. The van der Waals surface area contributed by atoms with Crippen LogP contribution < -0.4 is 10.1 Å². The Labute approximate surface area is 208 Å². The Bertz CT molecular complexity index is 1180. The van der Waals surface area contributed by atoms with Crippen molar-refractivity contribution in [2.45, 2.75) is 43.9 Å². The lowest BCUT2D eigenvalue weighted by Gasteiger charge is -2.40. The quantitative estimate of drug-likeness (QED) is 0.453. The van der Waals surface area contributed by atoms with E-state index in [1.165, 1.54) is 23.1 Å². The second kappa shape index (κ2) is 11.0. The maximum atomic E-state index is 13.7. The molecule has 0 aromatic heterocycles. The molecule has 1 aliphatic heterocycles. The van der Waals surface area contributed by atoms with E-state index in [0.29, 0.717) is 11.3 Å². The lowest BCUT2D eigenvalue weighted by atomic mass is 9.77. The van der Waals surface area contributed by atoms with Gasteiger partial charge in [0.05, 0.1) is 18.6 Å². The Morgan fingerprint density at radius 3 is 2.64 bits per heavy atom. The van der Waals surface area contributed by atoms with Crippen LogP contribution in [0.15, 0.2) is 60.2 Å². The van der Waals surface area contributed by atoms with Crippen molar-refractivity contribution in [3.05, 3.63) is 77.1 Å². The fourth-order valence-electron chi connectivity index (χ4n) is 4.83. The SMILES string of the molecule is CCC(=O)C(=O)N(CCc1cccc(F)c1)[C@@H]1C=C(C(=O)NCCO)[C@@H]2c3ccccc3O[C@@H]2[C@H]1O. The summed E-state index contributed by atoms with van der Waals surface area (Å²) in [6, 6.07) is 12.0. The molecule has 0 unspecified atom stereocenters. The molecule has 0 bridgehead atoms. The topological polar surface area (TPSA) is 116 Å². The van der Waals surface area contributed by atoms with Gasteiger partial charge in [0, 0.05) is 30.6 Å². The summed E-state index contributed by atoms with van der Waals surface area (Å²) >= 11 is 0. The summed E-state index contributed by atoms with van der Waals surface area (Å²) in [5, 5.41) is 23.2. The molecule has 2 aromatic rings. The van der Waals surface area contributed by atoms with Gasteiger partial charge < -0.3 is 25.2 Å². The number of para-hydroxylation sites is 1. The molecule has 0 radical (unpaired) electrons. The molecule has 4 rings (SSSR count). The second-order valence-electron chi connectivity index (χ2n) is 8.84. The Morgan fingerprint density at radius 1 is 1.14 bits per heavy atom. The van der Waals surface area contributed by atoms with Gasteiger partial charge in [0.15, 0.2) is 0 Å². The highest BCUT2D eigenvalue weighted by atomic mass is 19.1. The van der Waals surface area contributed by atoms with Gasteiger partial charge in [-0.15, -0.1) is 0 Å². The Balaban J connectivity index is 1.72. The van der Waals surface area contributed by atoms with Gasteiger partial charge in [-0.1, -0.05) is 37.3 Å². The number of fused-ring (bicyclic) bond motifs is 3. The summed E-state index contributed by atoms with van der Waals surface area (Å²) in [4.78, 5) is 40.0. The van der Waals surface area contributed by atoms with Crippen molar-refractivity contribution in [1.29, 1.82) is 0 Å². The van der Waals surface area contributed by atoms with Crippen LogP contribution in [0.4, 0.5) is 4.39 Å². The molecule has 0 saturated heterocycles.